The van der Waals surface area contributed by atoms with E-state index in [1.165, 1.54) is 25.0 Å². The van der Waals surface area contributed by atoms with E-state index in [1.807, 2.05) is 0 Å². The molecule has 2 bridgehead atoms. The van der Waals surface area contributed by atoms with E-state index in [2.05, 4.69) is 32.9 Å². The summed E-state index contributed by atoms with van der Waals surface area (Å²) in [5.74, 6) is 0.487. The summed E-state index contributed by atoms with van der Waals surface area (Å²) >= 11 is 2.51. The number of allylic oxidation sites excluding steroid dienone is 2. The molecule has 0 spiro atoms. The molecule has 0 radical (unpaired) electrons. The predicted molar refractivity (Wildman–Crippen MR) is 108 cm³/mol. The van der Waals surface area contributed by atoms with E-state index in [0.29, 0.717) is 21.5 Å². The molecule has 3 aliphatic rings. The summed E-state index contributed by atoms with van der Waals surface area (Å²) in [6, 6.07) is 2.45. The van der Waals surface area contributed by atoms with Crippen molar-refractivity contribution < 1.29 is 18.0 Å². The second-order valence-electron chi connectivity index (χ2n) is 7.79. The van der Waals surface area contributed by atoms with E-state index < -0.39 is 29.4 Å². The molecule has 4 rings (SSSR count). The van der Waals surface area contributed by atoms with Crippen molar-refractivity contribution in [1.29, 1.82) is 0 Å². The van der Waals surface area contributed by atoms with Crippen LogP contribution in [0.5, 0.6) is 0 Å². The highest BCUT2D eigenvalue weighted by molar-refractivity contribution is 14.1. The van der Waals surface area contributed by atoms with Crippen molar-refractivity contribution in [1.82, 2.24) is 10.3 Å². The molecule has 1 aliphatic heterocycles. The van der Waals surface area contributed by atoms with Gasteiger partial charge < -0.3 is 11.1 Å². The number of nitrogens with zero attached hydrogens (tertiary/aromatic N) is 1. The first-order chi connectivity index (χ1) is 13.3. The third kappa shape index (κ3) is 3.60. The number of fused-ring (bicyclic) bond motifs is 2. The van der Waals surface area contributed by atoms with Crippen LogP contribution >= 0.6 is 22.6 Å². The van der Waals surface area contributed by atoms with Crippen LogP contribution in [-0.2, 0) is 6.18 Å². The van der Waals surface area contributed by atoms with E-state index in [0.717, 1.165) is 18.9 Å². The van der Waals surface area contributed by atoms with Gasteiger partial charge in [0.2, 0.25) is 5.78 Å². The van der Waals surface area contributed by atoms with Crippen LogP contribution in [0.1, 0.15) is 53.3 Å². The minimum atomic E-state index is -4.65. The highest BCUT2D eigenvalue weighted by atomic mass is 127. The summed E-state index contributed by atoms with van der Waals surface area (Å²) in [6.45, 7) is 0. The first kappa shape index (κ1) is 19.9. The van der Waals surface area contributed by atoms with Crippen molar-refractivity contribution >= 4 is 28.4 Å². The lowest BCUT2D eigenvalue weighted by Gasteiger charge is -2.32. The molecule has 3 N–H and O–H groups in total. The molecule has 8 heteroatoms. The van der Waals surface area contributed by atoms with Crippen molar-refractivity contribution in [2.75, 3.05) is 0 Å². The Hall–Kier alpha value is -1.42. The number of alkyl halides is 4. The van der Waals surface area contributed by atoms with Gasteiger partial charge in [-0.1, -0.05) is 28.7 Å². The fourth-order valence-electron chi connectivity index (χ4n) is 4.66. The minimum absolute atomic E-state index is 0.0775. The maximum absolute atomic E-state index is 13.6. The molecule has 2 heterocycles. The van der Waals surface area contributed by atoms with E-state index in [-0.39, 0.29) is 11.5 Å². The minimum Gasteiger partial charge on any atom is -0.372 e. The highest BCUT2D eigenvalue weighted by Crippen LogP contribution is 2.51. The monoisotopic (exact) mass is 503 g/mol. The molecule has 0 amide bonds. The van der Waals surface area contributed by atoms with E-state index >= 15 is 0 Å². The molecule has 2 aliphatic carbocycles. The van der Waals surface area contributed by atoms with Crippen LogP contribution in [0.25, 0.3) is 0 Å². The standard InChI is InChI=1S/C20H21F3IN3O/c21-20(22,23)14-5-6-15(12-8-10-3-4-11(9-12)16(10)24)27-17(14)18(28)13-2-1-7-26-19(13)25/h1-2,5-7,10-12,16,19,26H,3-4,8-9,25H2. The van der Waals surface area contributed by atoms with Crippen LogP contribution in [-0.4, -0.2) is 20.9 Å². The predicted octanol–water partition coefficient (Wildman–Crippen LogP) is 4.32. The van der Waals surface area contributed by atoms with E-state index in [1.54, 1.807) is 12.3 Å². The van der Waals surface area contributed by atoms with Gasteiger partial charge in [-0.2, -0.15) is 13.2 Å². The van der Waals surface area contributed by atoms with Crippen molar-refractivity contribution in [3.05, 3.63) is 53.0 Å². The Morgan fingerprint density at radius 2 is 1.89 bits per heavy atom. The highest BCUT2D eigenvalue weighted by Gasteiger charge is 2.43. The first-order valence-electron chi connectivity index (χ1n) is 9.41. The van der Waals surface area contributed by atoms with Crippen molar-refractivity contribution in [2.24, 2.45) is 17.6 Å². The molecule has 3 unspecified atom stereocenters. The first-order valence-corrected chi connectivity index (χ1v) is 10.7. The van der Waals surface area contributed by atoms with Gasteiger partial charge in [0.15, 0.2) is 0 Å². The van der Waals surface area contributed by atoms with Crippen molar-refractivity contribution in [3.8, 4) is 0 Å². The summed E-state index contributed by atoms with van der Waals surface area (Å²) in [6.07, 6.45) is 3.21. The Labute approximate surface area is 175 Å². The summed E-state index contributed by atoms with van der Waals surface area (Å²) in [5, 5.41) is 2.74. The van der Waals surface area contributed by atoms with Gasteiger partial charge in [0.1, 0.15) is 11.9 Å². The molecule has 150 valence electrons. The number of hydrogen-bond donors (Lipinski definition) is 2. The molecule has 4 nitrogen and oxygen atoms in total. The average molecular weight is 503 g/mol. The van der Waals surface area contributed by atoms with Crippen LogP contribution in [0, 0.1) is 11.8 Å². The van der Waals surface area contributed by atoms with Gasteiger partial charge in [0.05, 0.1) is 5.56 Å². The smallest absolute Gasteiger partial charge is 0.372 e. The third-order valence-corrected chi connectivity index (χ3v) is 8.12. The zero-order valence-corrected chi connectivity index (χ0v) is 17.2. The molecule has 2 fully saturated rings. The Morgan fingerprint density at radius 1 is 1.21 bits per heavy atom. The third-order valence-electron chi connectivity index (χ3n) is 6.08. The van der Waals surface area contributed by atoms with Gasteiger partial charge in [0.25, 0.3) is 0 Å². The van der Waals surface area contributed by atoms with Crippen molar-refractivity contribution in [2.45, 2.75) is 47.9 Å². The summed E-state index contributed by atoms with van der Waals surface area (Å²) in [4.78, 5) is 17.2. The number of pyridine rings is 1. The maximum Gasteiger partial charge on any atom is 0.418 e. The number of rotatable bonds is 3. The van der Waals surface area contributed by atoms with Crippen LogP contribution in [0.3, 0.4) is 0 Å². The Bertz CT molecular complexity index is 838. The second-order valence-corrected chi connectivity index (χ2v) is 9.23. The van der Waals surface area contributed by atoms with Gasteiger partial charge >= 0.3 is 6.18 Å². The zero-order chi connectivity index (χ0) is 20.1. The number of ketones is 1. The molecule has 3 atom stereocenters. The Balaban J connectivity index is 1.71. The molecule has 28 heavy (non-hydrogen) atoms. The number of hydrogen-bond acceptors (Lipinski definition) is 4. The fourth-order valence-corrected chi connectivity index (χ4v) is 5.96. The second kappa shape index (κ2) is 7.44. The van der Waals surface area contributed by atoms with Crippen LogP contribution in [0.2, 0.25) is 0 Å². The SMILES string of the molecule is NC1NC=CC=C1C(=O)c1nc(C2CC3CCC(C2)C3I)ccc1C(F)(F)F. The number of dihydropyridines is 1. The number of carbonyl (C=O) groups excluding carboxylic acids is 1. The van der Waals surface area contributed by atoms with Crippen LogP contribution in [0.15, 0.2) is 36.1 Å². The number of Topliss-reactive ketones (excluding diaryl/α,β-unsaturated/α-hetero) is 1. The lowest BCUT2D eigenvalue weighted by Crippen LogP contribution is -2.40. The Morgan fingerprint density at radius 3 is 2.50 bits per heavy atom. The number of nitrogens with one attached hydrogen (secondary N) is 1. The average Bonchev–Trinajstić information content (AvgIpc) is 2.87. The molecular formula is C20H21F3IN3O. The number of halogens is 4. The van der Waals surface area contributed by atoms with Gasteiger partial charge in [-0.3, -0.25) is 4.79 Å². The zero-order valence-electron chi connectivity index (χ0n) is 15.0. The van der Waals surface area contributed by atoms with E-state index in [9.17, 15) is 18.0 Å². The van der Waals surface area contributed by atoms with Crippen molar-refractivity contribution in [3.63, 3.8) is 0 Å². The van der Waals surface area contributed by atoms with Crippen LogP contribution in [0.4, 0.5) is 13.2 Å². The maximum atomic E-state index is 13.6. The molecule has 2 saturated carbocycles. The quantitative estimate of drug-likeness (QED) is 0.367. The Kier molecular flexibility index (Phi) is 5.28. The molecule has 1 aromatic rings. The molecule has 0 saturated heterocycles. The number of nitrogens with two attached hydrogens (primary N) is 1. The summed E-state index contributed by atoms with van der Waals surface area (Å²) < 4.78 is 41.3. The van der Waals surface area contributed by atoms with Gasteiger partial charge in [0, 0.05) is 21.1 Å². The largest absolute Gasteiger partial charge is 0.418 e. The number of aromatic nitrogens is 1. The van der Waals surface area contributed by atoms with Gasteiger partial charge in [-0.05, 0) is 61.9 Å². The topological polar surface area (TPSA) is 68.0 Å². The fraction of sp³-hybridized carbons (Fsp3) is 0.500. The van der Waals surface area contributed by atoms with Gasteiger partial charge in [-0.25, -0.2) is 4.98 Å². The van der Waals surface area contributed by atoms with E-state index in [4.69, 9.17) is 5.73 Å². The van der Waals surface area contributed by atoms with Crippen LogP contribution < -0.4 is 11.1 Å². The lowest BCUT2D eigenvalue weighted by molar-refractivity contribution is -0.138. The summed E-state index contributed by atoms with van der Waals surface area (Å²) in [5.41, 5.74) is 4.97. The van der Waals surface area contributed by atoms with Gasteiger partial charge in [-0.15, -0.1) is 0 Å². The lowest BCUT2D eigenvalue weighted by atomic mass is 9.79. The summed E-state index contributed by atoms with van der Waals surface area (Å²) in [7, 11) is 0. The molecule has 0 aromatic carbocycles. The molecule has 1 aromatic heterocycles. The number of carbonyl (C=O) groups is 1. The molecular weight excluding hydrogens is 482 g/mol. The normalized spacial score (nSPS) is 32.0.